The molecule has 1 aliphatic carbocycles. The summed E-state index contributed by atoms with van der Waals surface area (Å²) in [5.74, 6) is 1.53. The van der Waals surface area contributed by atoms with Gasteiger partial charge in [-0.1, -0.05) is 97.9 Å². The lowest BCUT2D eigenvalue weighted by Crippen LogP contribution is -2.47. The Morgan fingerprint density at radius 1 is 0.923 bits per heavy atom. The minimum absolute atomic E-state index is 0.0875. The molecule has 1 unspecified atom stereocenters. The molecular formula is C24H38OSi. The van der Waals surface area contributed by atoms with Gasteiger partial charge in [-0.25, -0.2) is 0 Å². The fourth-order valence-corrected chi connectivity index (χ4v) is 10.2. The molecule has 0 spiro atoms. The molecule has 0 bridgehead atoms. The third kappa shape index (κ3) is 4.17. The minimum atomic E-state index is -1.92. The first-order valence-corrected chi connectivity index (χ1v) is 12.4. The maximum absolute atomic E-state index is 7.04. The van der Waals surface area contributed by atoms with Gasteiger partial charge in [0.1, 0.15) is 0 Å². The van der Waals surface area contributed by atoms with Gasteiger partial charge in [-0.3, -0.25) is 0 Å². The molecule has 0 amide bonds. The Bertz CT molecular complexity index is 616. The second-order valence-corrected chi connectivity index (χ2v) is 14.7. The molecule has 0 aliphatic heterocycles. The summed E-state index contributed by atoms with van der Waals surface area (Å²) in [6.45, 7) is 18.8. The molecule has 1 aromatic carbocycles. The average molecular weight is 371 g/mol. The topological polar surface area (TPSA) is 9.23 Å². The molecule has 26 heavy (non-hydrogen) atoms. The standard InChI is InChI=1S/C24H38OSi/c1-18(2)26(19(3)4,20(5)6)25-22-15-12-16-24(7,8)23(17-22)21-13-10-9-11-14-21/h9-14,16-20,23H,15H2,1-8H3. The Kier molecular flexibility index (Phi) is 6.60. The van der Waals surface area contributed by atoms with E-state index in [2.05, 4.69) is 104 Å². The van der Waals surface area contributed by atoms with Gasteiger partial charge in [-0.05, 0) is 33.7 Å². The van der Waals surface area contributed by atoms with E-state index in [-0.39, 0.29) is 5.41 Å². The van der Waals surface area contributed by atoms with Crippen LogP contribution in [0.4, 0.5) is 0 Å². The fraction of sp³-hybridized carbons (Fsp3) is 0.583. The summed E-state index contributed by atoms with van der Waals surface area (Å²) in [7, 11) is -1.92. The Labute approximate surface area is 162 Å². The van der Waals surface area contributed by atoms with Crippen molar-refractivity contribution in [1.82, 2.24) is 0 Å². The Morgan fingerprint density at radius 2 is 1.46 bits per heavy atom. The van der Waals surface area contributed by atoms with Gasteiger partial charge in [-0.2, -0.15) is 0 Å². The van der Waals surface area contributed by atoms with Crippen LogP contribution < -0.4 is 0 Å². The van der Waals surface area contributed by atoms with Gasteiger partial charge in [0.05, 0.1) is 5.76 Å². The number of hydrogen-bond donors (Lipinski definition) is 0. The molecule has 2 heteroatoms. The van der Waals surface area contributed by atoms with Crippen LogP contribution in [0.15, 0.2) is 54.3 Å². The van der Waals surface area contributed by atoms with Crippen LogP contribution in [-0.4, -0.2) is 8.32 Å². The first kappa shape index (κ1) is 21.0. The van der Waals surface area contributed by atoms with E-state index < -0.39 is 8.32 Å². The van der Waals surface area contributed by atoms with E-state index >= 15 is 0 Å². The highest BCUT2D eigenvalue weighted by molar-refractivity contribution is 6.77. The molecule has 0 saturated carbocycles. The van der Waals surface area contributed by atoms with Crippen LogP contribution in [0.25, 0.3) is 0 Å². The molecule has 0 radical (unpaired) electrons. The zero-order valence-corrected chi connectivity index (χ0v) is 19.0. The van der Waals surface area contributed by atoms with Crippen LogP contribution in [0.2, 0.25) is 16.6 Å². The van der Waals surface area contributed by atoms with Crippen molar-refractivity contribution >= 4 is 8.32 Å². The average Bonchev–Trinajstić information content (AvgIpc) is 2.70. The molecule has 0 aromatic heterocycles. The van der Waals surface area contributed by atoms with Crippen molar-refractivity contribution in [2.75, 3.05) is 0 Å². The molecule has 1 aliphatic rings. The second kappa shape index (κ2) is 8.16. The molecule has 0 saturated heterocycles. The quantitative estimate of drug-likeness (QED) is 0.366. The van der Waals surface area contributed by atoms with E-state index in [1.54, 1.807) is 0 Å². The summed E-state index contributed by atoms with van der Waals surface area (Å²) in [6, 6.07) is 10.9. The predicted molar refractivity (Wildman–Crippen MR) is 117 cm³/mol. The van der Waals surface area contributed by atoms with Crippen molar-refractivity contribution in [3.05, 3.63) is 59.9 Å². The van der Waals surface area contributed by atoms with Gasteiger partial charge in [0, 0.05) is 12.3 Å². The molecule has 0 N–H and O–H groups in total. The van der Waals surface area contributed by atoms with Crippen LogP contribution in [0.5, 0.6) is 0 Å². The minimum Gasteiger partial charge on any atom is -0.546 e. The van der Waals surface area contributed by atoms with Crippen LogP contribution >= 0.6 is 0 Å². The summed E-state index contributed by atoms with van der Waals surface area (Å²) in [5, 5.41) is 0. The van der Waals surface area contributed by atoms with Crippen molar-refractivity contribution in [1.29, 1.82) is 0 Å². The smallest absolute Gasteiger partial charge is 0.258 e. The SMILES string of the molecule is CC(C)[Si](OC1=CC(c2ccccc2)C(C)(C)C=CC1)(C(C)C)C(C)C. The van der Waals surface area contributed by atoms with Crippen LogP contribution in [0.3, 0.4) is 0 Å². The lowest BCUT2D eigenvalue weighted by Gasteiger charge is -2.43. The van der Waals surface area contributed by atoms with Gasteiger partial charge < -0.3 is 4.43 Å². The molecule has 2 rings (SSSR count). The Balaban J connectivity index is 2.47. The first-order chi connectivity index (χ1) is 12.1. The van der Waals surface area contributed by atoms with Gasteiger partial charge in [0.2, 0.25) is 0 Å². The third-order valence-corrected chi connectivity index (χ3v) is 12.2. The van der Waals surface area contributed by atoms with Crippen molar-refractivity contribution in [2.24, 2.45) is 5.41 Å². The highest BCUT2D eigenvalue weighted by Crippen LogP contribution is 2.46. The normalized spacial score (nSPS) is 20.4. The van der Waals surface area contributed by atoms with Gasteiger partial charge in [0.25, 0.3) is 8.32 Å². The molecule has 144 valence electrons. The zero-order chi connectivity index (χ0) is 19.5. The zero-order valence-electron chi connectivity index (χ0n) is 18.0. The van der Waals surface area contributed by atoms with E-state index in [1.165, 1.54) is 11.3 Å². The van der Waals surface area contributed by atoms with Crippen molar-refractivity contribution in [3.63, 3.8) is 0 Å². The van der Waals surface area contributed by atoms with Crippen LogP contribution in [-0.2, 0) is 4.43 Å². The molecule has 1 atom stereocenters. The van der Waals surface area contributed by atoms with E-state index in [4.69, 9.17) is 4.43 Å². The lowest BCUT2D eigenvalue weighted by molar-refractivity contribution is 0.355. The summed E-state index contributed by atoms with van der Waals surface area (Å²) in [4.78, 5) is 0. The summed E-state index contributed by atoms with van der Waals surface area (Å²) in [5.41, 5.74) is 3.25. The molecule has 0 fully saturated rings. The Hall–Kier alpha value is -1.28. The maximum Gasteiger partial charge on any atom is 0.258 e. The van der Waals surface area contributed by atoms with E-state index in [9.17, 15) is 0 Å². The number of allylic oxidation sites excluding steroid dienone is 3. The summed E-state index contributed by atoms with van der Waals surface area (Å²) < 4.78 is 7.04. The maximum atomic E-state index is 7.04. The van der Waals surface area contributed by atoms with Gasteiger partial charge in [-0.15, -0.1) is 0 Å². The molecule has 0 heterocycles. The summed E-state index contributed by atoms with van der Waals surface area (Å²) in [6.07, 6.45) is 8.02. The largest absolute Gasteiger partial charge is 0.546 e. The van der Waals surface area contributed by atoms with E-state index in [0.717, 1.165) is 6.42 Å². The van der Waals surface area contributed by atoms with Gasteiger partial charge >= 0.3 is 0 Å². The number of benzene rings is 1. The summed E-state index contributed by atoms with van der Waals surface area (Å²) >= 11 is 0. The lowest BCUT2D eigenvalue weighted by atomic mass is 9.75. The monoisotopic (exact) mass is 370 g/mol. The Morgan fingerprint density at radius 3 is 1.96 bits per heavy atom. The fourth-order valence-electron chi connectivity index (χ4n) is 4.89. The van der Waals surface area contributed by atoms with E-state index in [0.29, 0.717) is 22.5 Å². The van der Waals surface area contributed by atoms with Crippen LogP contribution in [0.1, 0.15) is 73.3 Å². The number of hydrogen-bond acceptors (Lipinski definition) is 1. The van der Waals surface area contributed by atoms with Crippen molar-refractivity contribution in [2.45, 2.75) is 84.4 Å². The second-order valence-electron chi connectivity index (χ2n) is 9.37. The predicted octanol–water partition coefficient (Wildman–Crippen LogP) is 7.83. The van der Waals surface area contributed by atoms with Crippen molar-refractivity contribution < 1.29 is 4.43 Å². The molecular weight excluding hydrogens is 332 g/mol. The molecule has 1 nitrogen and oxygen atoms in total. The van der Waals surface area contributed by atoms with Crippen LogP contribution in [0, 0.1) is 5.41 Å². The molecule has 1 aromatic rings. The first-order valence-electron chi connectivity index (χ1n) is 10.2. The number of rotatable bonds is 6. The highest BCUT2D eigenvalue weighted by Gasteiger charge is 2.47. The third-order valence-electron chi connectivity index (χ3n) is 6.19. The highest BCUT2D eigenvalue weighted by atomic mass is 28.4. The van der Waals surface area contributed by atoms with Gasteiger partial charge in [0.15, 0.2) is 0 Å². The van der Waals surface area contributed by atoms with E-state index in [1.807, 2.05) is 0 Å². The van der Waals surface area contributed by atoms with Crippen molar-refractivity contribution in [3.8, 4) is 0 Å².